The zero-order valence-corrected chi connectivity index (χ0v) is 10.6. The molecule has 4 N–H and O–H groups in total. The van der Waals surface area contributed by atoms with E-state index >= 15 is 0 Å². The van der Waals surface area contributed by atoms with Gasteiger partial charge >= 0.3 is 0 Å². The number of carbonyl (C=O) groups is 1. The van der Waals surface area contributed by atoms with Crippen molar-refractivity contribution in [3.8, 4) is 0 Å². The first-order chi connectivity index (χ1) is 9.08. The average Bonchev–Trinajstić information content (AvgIpc) is 2.39. The highest BCUT2D eigenvalue weighted by atomic mass is 16.1. The monoisotopic (exact) mass is 257 g/mol. The molecule has 0 saturated heterocycles. The molecule has 0 spiro atoms. The van der Waals surface area contributed by atoms with Gasteiger partial charge in [-0.3, -0.25) is 9.78 Å². The Morgan fingerprint density at radius 3 is 2.79 bits per heavy atom. The Bertz CT molecular complexity index is 585. The maximum absolute atomic E-state index is 11.4. The van der Waals surface area contributed by atoms with Crippen molar-refractivity contribution in [3.05, 3.63) is 47.9 Å². The minimum absolute atomic E-state index is 0.304. The van der Waals surface area contributed by atoms with E-state index < -0.39 is 5.91 Å². The van der Waals surface area contributed by atoms with Gasteiger partial charge in [0.05, 0.1) is 29.7 Å². The number of rotatable bonds is 4. The van der Waals surface area contributed by atoms with Gasteiger partial charge in [-0.25, -0.2) is 4.98 Å². The van der Waals surface area contributed by atoms with E-state index in [1.165, 1.54) is 12.3 Å². The van der Waals surface area contributed by atoms with Crippen LogP contribution in [0.4, 0.5) is 11.5 Å². The third-order valence-electron chi connectivity index (χ3n) is 2.64. The fraction of sp³-hybridized carbons (Fsp3) is 0.154. The molecule has 0 aliphatic rings. The summed E-state index contributed by atoms with van der Waals surface area (Å²) in [5.41, 5.74) is 12.5. The molecule has 0 atom stereocenters. The first-order valence-electron chi connectivity index (χ1n) is 5.74. The number of nitrogen functional groups attached to an aromatic ring is 1. The summed E-state index contributed by atoms with van der Waals surface area (Å²) < 4.78 is 0. The molecule has 2 aromatic rings. The highest BCUT2D eigenvalue weighted by Gasteiger charge is 2.14. The first kappa shape index (κ1) is 12.8. The number of primary amides is 1. The van der Waals surface area contributed by atoms with Crippen LogP contribution in [0.2, 0.25) is 0 Å². The third kappa shape index (κ3) is 2.98. The van der Waals surface area contributed by atoms with Gasteiger partial charge in [-0.1, -0.05) is 6.07 Å². The van der Waals surface area contributed by atoms with Crippen LogP contribution in [0.25, 0.3) is 0 Å². The molecule has 0 saturated carbocycles. The fourth-order valence-corrected chi connectivity index (χ4v) is 1.77. The summed E-state index contributed by atoms with van der Waals surface area (Å²) in [5.74, 6) is -0.0602. The van der Waals surface area contributed by atoms with E-state index in [0.29, 0.717) is 23.6 Å². The number of nitrogens with two attached hydrogens (primary N) is 2. The van der Waals surface area contributed by atoms with E-state index in [9.17, 15) is 4.79 Å². The Balaban J connectivity index is 2.28. The summed E-state index contributed by atoms with van der Waals surface area (Å²) in [5, 5.41) is 0. The van der Waals surface area contributed by atoms with Gasteiger partial charge in [0.15, 0.2) is 0 Å². The highest BCUT2D eigenvalue weighted by Crippen LogP contribution is 2.19. The first-order valence-corrected chi connectivity index (χ1v) is 5.74. The van der Waals surface area contributed by atoms with Gasteiger partial charge in [0, 0.05) is 13.2 Å². The Kier molecular flexibility index (Phi) is 3.61. The predicted octanol–water partition coefficient (Wildman–Crippen LogP) is 0.794. The summed E-state index contributed by atoms with van der Waals surface area (Å²) in [6.07, 6.45) is 3.21. The number of hydrogen-bond acceptors (Lipinski definition) is 5. The van der Waals surface area contributed by atoms with Crippen molar-refractivity contribution >= 4 is 17.4 Å². The van der Waals surface area contributed by atoms with Crippen LogP contribution < -0.4 is 16.4 Å². The second kappa shape index (κ2) is 5.34. The number of aromatic nitrogens is 2. The average molecular weight is 257 g/mol. The molecule has 0 fully saturated rings. The number of anilines is 2. The summed E-state index contributed by atoms with van der Waals surface area (Å²) in [4.78, 5) is 21.6. The van der Waals surface area contributed by atoms with Gasteiger partial charge < -0.3 is 16.4 Å². The van der Waals surface area contributed by atoms with Crippen molar-refractivity contribution in [2.24, 2.45) is 5.73 Å². The topological polar surface area (TPSA) is 98.1 Å². The predicted molar refractivity (Wildman–Crippen MR) is 73.5 cm³/mol. The van der Waals surface area contributed by atoms with Crippen molar-refractivity contribution in [2.75, 3.05) is 17.7 Å². The standard InChI is InChI=1S/C13H15N5O/c1-18(8-10-4-2-3-5-16-10)13-11(12(15)19)6-9(14)7-17-13/h2-7H,8,14H2,1H3,(H2,15,19). The quantitative estimate of drug-likeness (QED) is 0.844. The van der Waals surface area contributed by atoms with Crippen molar-refractivity contribution in [2.45, 2.75) is 6.54 Å². The van der Waals surface area contributed by atoms with Gasteiger partial charge in [-0.05, 0) is 18.2 Å². The smallest absolute Gasteiger partial charge is 0.252 e. The Morgan fingerprint density at radius 1 is 1.37 bits per heavy atom. The summed E-state index contributed by atoms with van der Waals surface area (Å²) in [6.45, 7) is 0.526. The molecule has 0 unspecified atom stereocenters. The van der Waals surface area contributed by atoms with Gasteiger partial charge in [-0.15, -0.1) is 0 Å². The van der Waals surface area contributed by atoms with Crippen LogP contribution in [-0.2, 0) is 6.54 Å². The summed E-state index contributed by atoms with van der Waals surface area (Å²) in [7, 11) is 1.82. The normalized spacial score (nSPS) is 10.2. The van der Waals surface area contributed by atoms with Crippen LogP contribution >= 0.6 is 0 Å². The second-order valence-corrected chi connectivity index (χ2v) is 4.18. The third-order valence-corrected chi connectivity index (χ3v) is 2.64. The lowest BCUT2D eigenvalue weighted by Gasteiger charge is -2.20. The molecular formula is C13H15N5O. The highest BCUT2D eigenvalue weighted by molar-refractivity contribution is 5.98. The van der Waals surface area contributed by atoms with Crippen molar-refractivity contribution in [1.82, 2.24) is 9.97 Å². The molecule has 6 nitrogen and oxygen atoms in total. The van der Waals surface area contributed by atoms with Crippen LogP contribution in [0.3, 0.4) is 0 Å². The van der Waals surface area contributed by atoms with Crippen LogP contribution in [0.5, 0.6) is 0 Å². The maximum atomic E-state index is 11.4. The number of amides is 1. The van der Waals surface area contributed by atoms with Gasteiger partial charge in [0.25, 0.3) is 5.91 Å². The molecule has 0 aliphatic heterocycles. The van der Waals surface area contributed by atoms with E-state index in [-0.39, 0.29) is 0 Å². The van der Waals surface area contributed by atoms with E-state index in [0.717, 1.165) is 5.69 Å². The van der Waals surface area contributed by atoms with Crippen LogP contribution in [0, 0.1) is 0 Å². The number of nitrogens with zero attached hydrogens (tertiary/aromatic N) is 3. The fourth-order valence-electron chi connectivity index (χ4n) is 1.77. The molecule has 6 heteroatoms. The zero-order valence-electron chi connectivity index (χ0n) is 10.6. The Morgan fingerprint density at radius 2 is 2.16 bits per heavy atom. The summed E-state index contributed by atoms with van der Waals surface area (Å²) in [6, 6.07) is 7.18. The largest absolute Gasteiger partial charge is 0.397 e. The van der Waals surface area contributed by atoms with E-state index in [4.69, 9.17) is 11.5 Å². The summed E-state index contributed by atoms with van der Waals surface area (Å²) >= 11 is 0. The van der Waals surface area contributed by atoms with Crippen LogP contribution in [0.15, 0.2) is 36.7 Å². The van der Waals surface area contributed by atoms with E-state index in [1.54, 1.807) is 6.20 Å². The van der Waals surface area contributed by atoms with Gasteiger partial charge in [0.1, 0.15) is 5.82 Å². The Labute approximate surface area is 111 Å². The molecule has 19 heavy (non-hydrogen) atoms. The molecular weight excluding hydrogens is 242 g/mol. The van der Waals surface area contributed by atoms with Crippen molar-refractivity contribution in [1.29, 1.82) is 0 Å². The maximum Gasteiger partial charge on any atom is 0.252 e. The molecule has 2 aromatic heterocycles. The molecule has 0 radical (unpaired) electrons. The second-order valence-electron chi connectivity index (χ2n) is 4.18. The lowest BCUT2D eigenvalue weighted by atomic mass is 10.2. The van der Waals surface area contributed by atoms with E-state index in [1.807, 2.05) is 30.1 Å². The van der Waals surface area contributed by atoms with Crippen molar-refractivity contribution < 1.29 is 4.79 Å². The number of pyridine rings is 2. The molecule has 2 rings (SSSR count). The van der Waals surface area contributed by atoms with E-state index in [2.05, 4.69) is 9.97 Å². The SMILES string of the molecule is CN(Cc1ccccn1)c1ncc(N)cc1C(N)=O. The van der Waals surface area contributed by atoms with Crippen LogP contribution in [0.1, 0.15) is 16.1 Å². The molecule has 98 valence electrons. The number of hydrogen-bond donors (Lipinski definition) is 2. The molecule has 1 amide bonds. The molecule has 0 aromatic carbocycles. The van der Waals surface area contributed by atoms with Crippen molar-refractivity contribution in [3.63, 3.8) is 0 Å². The minimum Gasteiger partial charge on any atom is -0.397 e. The Hall–Kier alpha value is -2.63. The lowest BCUT2D eigenvalue weighted by Crippen LogP contribution is -2.23. The zero-order chi connectivity index (χ0) is 13.8. The van der Waals surface area contributed by atoms with Gasteiger partial charge in [-0.2, -0.15) is 0 Å². The van der Waals surface area contributed by atoms with Gasteiger partial charge in [0.2, 0.25) is 0 Å². The van der Waals surface area contributed by atoms with Crippen LogP contribution in [-0.4, -0.2) is 22.9 Å². The lowest BCUT2D eigenvalue weighted by molar-refractivity contribution is 0.100. The minimum atomic E-state index is -0.553. The molecule has 2 heterocycles. The molecule has 0 aliphatic carbocycles. The molecule has 0 bridgehead atoms. The number of carbonyl (C=O) groups excluding carboxylic acids is 1.